The van der Waals surface area contributed by atoms with Crippen molar-refractivity contribution in [3.8, 4) is 77.5 Å². The van der Waals surface area contributed by atoms with Crippen molar-refractivity contribution in [2.75, 3.05) is 17.2 Å². The van der Waals surface area contributed by atoms with Gasteiger partial charge in [0.05, 0.1) is 50.2 Å². The fourth-order valence-electron chi connectivity index (χ4n) is 7.03. The Morgan fingerprint density at radius 1 is 0.595 bits per heavy atom. The van der Waals surface area contributed by atoms with Crippen LogP contribution in [0.2, 0.25) is 10.0 Å². The molecule has 0 fully saturated rings. The number of fused-ring (bicyclic) bond motifs is 1. The van der Waals surface area contributed by atoms with Crippen molar-refractivity contribution in [2.45, 2.75) is 103 Å². The number of unbranched alkanes of at least 4 members (excludes halogenated alkanes) is 9. The predicted molar refractivity (Wildman–Crippen MR) is 294 cm³/mol. The van der Waals surface area contributed by atoms with Gasteiger partial charge in [-0.3, -0.25) is 9.59 Å². The molecule has 0 aliphatic rings. The average molecular weight is 1100 g/mol. The molecule has 402 valence electrons. The summed E-state index contributed by atoms with van der Waals surface area (Å²) < 4.78 is 27.2. The molecule has 0 aliphatic carbocycles. The molecule has 1 heterocycles. The van der Waals surface area contributed by atoms with Gasteiger partial charge in [-0.2, -0.15) is 0 Å². The molecule has 1 aromatic heterocycles. The number of esters is 5. The highest BCUT2D eigenvalue weighted by molar-refractivity contribution is 6.35. The van der Waals surface area contributed by atoms with Crippen molar-refractivity contribution in [3.05, 3.63) is 112 Å². The van der Waals surface area contributed by atoms with Gasteiger partial charge in [-0.25, -0.2) is 28.7 Å². The lowest BCUT2D eigenvalue weighted by Gasteiger charge is -2.19. The molecule has 79 heavy (non-hydrogen) atoms. The minimum absolute atomic E-state index is 0.0641. The van der Waals surface area contributed by atoms with Crippen LogP contribution in [-0.2, 0) is 38.1 Å². The molecule has 0 bridgehead atoms. The van der Waals surface area contributed by atoms with Crippen molar-refractivity contribution in [3.63, 3.8) is 0 Å². The van der Waals surface area contributed by atoms with Crippen molar-refractivity contribution >= 4 is 87.3 Å². The summed E-state index contributed by atoms with van der Waals surface area (Å²) in [6.45, 7) is 4.96. The Morgan fingerprint density at radius 3 is 1.65 bits per heavy atom. The van der Waals surface area contributed by atoms with E-state index in [1.54, 1.807) is 30.3 Å². The SMILES string of the molecule is C#CC#CC#CC#CC#CC#COC(=O)C(C)OC(=O)c1ccc(Cl)c(NC(=O)C(C(=O)Nc2cc(C(=O)OC(C)C(=O)OCCCCCCCCCCCC)ccc2Cl)n2nnc3cc(C(=O)Oc4ccccc4)ccc32)c1. The van der Waals surface area contributed by atoms with E-state index in [9.17, 15) is 33.6 Å². The van der Waals surface area contributed by atoms with Crippen LogP contribution < -0.4 is 15.4 Å². The van der Waals surface area contributed by atoms with Crippen LogP contribution in [0.4, 0.5) is 11.4 Å². The number of benzene rings is 4. The zero-order valence-electron chi connectivity index (χ0n) is 43.2. The van der Waals surface area contributed by atoms with Crippen LogP contribution in [0.5, 0.6) is 5.75 Å². The average Bonchev–Trinajstić information content (AvgIpc) is 3.98. The number of para-hydroxylation sites is 1. The molecule has 0 radical (unpaired) electrons. The molecule has 0 spiro atoms. The highest BCUT2D eigenvalue weighted by Gasteiger charge is 2.33. The third-order valence-electron chi connectivity index (χ3n) is 11.1. The molecule has 5 aromatic rings. The van der Waals surface area contributed by atoms with Crippen LogP contribution in [0.1, 0.15) is 122 Å². The summed E-state index contributed by atoms with van der Waals surface area (Å²) in [5, 5.41) is 13.1. The zero-order chi connectivity index (χ0) is 56.9. The molecule has 0 saturated carbocycles. The maximum atomic E-state index is 14.5. The number of amides is 2. The summed E-state index contributed by atoms with van der Waals surface area (Å²) in [5.41, 5.74) is -0.439. The largest absolute Gasteiger partial charge is 0.463 e. The van der Waals surface area contributed by atoms with Crippen molar-refractivity contribution in [2.24, 2.45) is 0 Å². The van der Waals surface area contributed by atoms with Gasteiger partial charge in [0.2, 0.25) is 6.04 Å². The molecule has 5 rings (SSSR count). The standard InChI is InChI=1S/C60H51Cl2N5O12/c1-5-7-9-11-13-15-17-19-21-26-36-75-56(70)41(3)77-58(72)43-30-33-47(61)49(38-43)63-54(68)53(67-52-35-32-45(40-51(52)65-66-67)60(74)79-46-28-24-23-25-29-46)55(69)64-50-39-44(31-34-48(50)62)59(73)78-42(4)57(71)76-37-27-22-20-18-16-14-12-10-8-6-2/h1,23-25,28-35,38-42,53H,6,8,10,12,14,16,18,20,22,27,37H2,2-4H3,(H,63,68)(H,64,69). The van der Waals surface area contributed by atoms with Gasteiger partial charge in [-0.15, -0.1) is 11.5 Å². The number of ether oxygens (including phenoxy) is 5. The first-order valence-corrected chi connectivity index (χ1v) is 25.5. The fraction of sp³-hybridized carbons (Fsp3) is 0.283. The second kappa shape index (κ2) is 32.2. The quantitative estimate of drug-likeness (QED) is 0.0147. The lowest BCUT2D eigenvalue weighted by Crippen LogP contribution is -2.37. The normalized spacial score (nSPS) is 11.1. The topological polar surface area (TPSA) is 220 Å². The van der Waals surface area contributed by atoms with Gasteiger partial charge < -0.3 is 34.3 Å². The van der Waals surface area contributed by atoms with E-state index in [0.29, 0.717) is 6.42 Å². The van der Waals surface area contributed by atoms with E-state index in [0.717, 1.165) is 30.0 Å². The number of rotatable bonds is 24. The molecule has 19 heteroatoms. The number of halogens is 2. The predicted octanol–water partition coefficient (Wildman–Crippen LogP) is 9.48. The summed E-state index contributed by atoms with van der Waals surface area (Å²) in [6.07, 6.45) is 15.4. The maximum Gasteiger partial charge on any atom is 0.361 e. The summed E-state index contributed by atoms with van der Waals surface area (Å²) in [4.78, 5) is 94.0. The van der Waals surface area contributed by atoms with Crippen molar-refractivity contribution in [1.82, 2.24) is 15.0 Å². The second-order valence-corrected chi connectivity index (χ2v) is 17.8. The van der Waals surface area contributed by atoms with Crippen LogP contribution in [0.25, 0.3) is 11.0 Å². The summed E-state index contributed by atoms with van der Waals surface area (Å²) >= 11 is 13.0. The van der Waals surface area contributed by atoms with E-state index >= 15 is 0 Å². The van der Waals surface area contributed by atoms with Gasteiger partial charge in [0.1, 0.15) is 17.4 Å². The molecule has 17 nitrogen and oxygen atoms in total. The number of hydrogen-bond donors (Lipinski definition) is 2. The van der Waals surface area contributed by atoms with Gasteiger partial charge in [0.15, 0.2) is 12.2 Å². The van der Waals surface area contributed by atoms with E-state index in [1.165, 1.54) is 101 Å². The number of carbonyl (C=O) groups is 7. The first-order chi connectivity index (χ1) is 38.2. The fourth-order valence-corrected chi connectivity index (χ4v) is 7.36. The van der Waals surface area contributed by atoms with Gasteiger partial charge in [-0.1, -0.05) is 111 Å². The van der Waals surface area contributed by atoms with Crippen LogP contribution in [0.15, 0.2) is 84.9 Å². The third kappa shape index (κ3) is 19.5. The van der Waals surface area contributed by atoms with Crippen molar-refractivity contribution in [1.29, 1.82) is 0 Å². The molecule has 4 aromatic carbocycles. The maximum absolute atomic E-state index is 14.5. The van der Waals surface area contributed by atoms with E-state index < -0.39 is 59.9 Å². The molecular formula is C60H51Cl2N5O12. The Labute approximate surface area is 467 Å². The number of terminal acetylenes is 1. The molecule has 3 atom stereocenters. The summed E-state index contributed by atoms with van der Waals surface area (Å²) in [7, 11) is 0. The minimum atomic E-state index is -1.96. The Hall–Kier alpha value is -9.49. The van der Waals surface area contributed by atoms with E-state index in [4.69, 9.17) is 53.3 Å². The Balaban J connectivity index is 1.31. The number of anilines is 2. The minimum Gasteiger partial charge on any atom is -0.463 e. The lowest BCUT2D eigenvalue weighted by molar-refractivity contribution is -0.153. The van der Waals surface area contributed by atoms with Crippen LogP contribution in [-0.4, -0.2) is 75.5 Å². The Morgan fingerprint density at radius 2 is 1.09 bits per heavy atom. The van der Waals surface area contributed by atoms with Gasteiger partial charge in [0, 0.05) is 29.6 Å². The van der Waals surface area contributed by atoms with E-state index in [-0.39, 0.29) is 61.5 Å². The lowest BCUT2D eigenvalue weighted by atomic mass is 10.1. The number of nitrogens with zero attached hydrogens (tertiary/aromatic N) is 3. The smallest absolute Gasteiger partial charge is 0.361 e. The van der Waals surface area contributed by atoms with E-state index in [1.807, 2.05) is 0 Å². The summed E-state index contributed by atoms with van der Waals surface area (Å²) in [6, 6.07) is 17.9. The zero-order valence-corrected chi connectivity index (χ0v) is 44.7. The monoisotopic (exact) mass is 1100 g/mol. The van der Waals surface area contributed by atoms with Crippen LogP contribution in [0, 0.1) is 71.7 Å². The number of carbonyl (C=O) groups excluding carboxylic acids is 7. The molecule has 2 N–H and O–H groups in total. The molecule has 3 unspecified atom stereocenters. The molecule has 0 saturated heterocycles. The number of nitrogens with one attached hydrogen (secondary N) is 2. The molecular weight excluding hydrogens is 1050 g/mol. The number of aromatic nitrogens is 3. The highest BCUT2D eigenvalue weighted by atomic mass is 35.5. The van der Waals surface area contributed by atoms with Crippen LogP contribution in [0.3, 0.4) is 0 Å². The van der Waals surface area contributed by atoms with Gasteiger partial charge >= 0.3 is 29.8 Å². The van der Waals surface area contributed by atoms with Gasteiger partial charge in [-0.05, 0) is 117 Å². The highest BCUT2D eigenvalue weighted by Crippen LogP contribution is 2.29. The second-order valence-electron chi connectivity index (χ2n) is 16.9. The third-order valence-corrected chi connectivity index (χ3v) is 11.7. The van der Waals surface area contributed by atoms with Crippen molar-refractivity contribution < 1.29 is 57.2 Å². The van der Waals surface area contributed by atoms with E-state index in [2.05, 4.69) is 93.2 Å². The Kier molecular flexibility index (Phi) is 24.6. The Bertz CT molecular complexity index is 3440. The number of hydrogen-bond acceptors (Lipinski definition) is 14. The summed E-state index contributed by atoms with van der Waals surface area (Å²) in [5.74, 6) is 16.9. The first-order valence-electron chi connectivity index (χ1n) is 24.8. The molecule has 2 amide bonds. The molecule has 0 aliphatic heterocycles. The van der Waals surface area contributed by atoms with Crippen LogP contribution >= 0.6 is 23.2 Å². The van der Waals surface area contributed by atoms with Gasteiger partial charge in [0.25, 0.3) is 11.8 Å². The first kappa shape index (κ1) is 60.4.